The van der Waals surface area contributed by atoms with Crippen LogP contribution in [0.25, 0.3) is 11.3 Å². The molecule has 0 aliphatic carbocycles. The Labute approximate surface area is 139 Å². The average Bonchev–Trinajstić information content (AvgIpc) is 3.08. The molecule has 1 atom stereocenters. The minimum atomic E-state index is -0.379. The number of hydrogen-bond donors (Lipinski definition) is 1. The number of nitrogens with zero attached hydrogens (tertiary/aromatic N) is 2. The minimum absolute atomic E-state index is 0.126. The van der Waals surface area contributed by atoms with E-state index in [2.05, 4.69) is 10.3 Å². The van der Waals surface area contributed by atoms with Gasteiger partial charge in [-0.1, -0.05) is 0 Å². The van der Waals surface area contributed by atoms with Gasteiger partial charge in [0.05, 0.1) is 18.5 Å². The number of methoxy groups -OCH3 is 1. The number of amides is 2. The maximum absolute atomic E-state index is 12.8. The zero-order valence-corrected chi connectivity index (χ0v) is 13.3. The van der Waals surface area contributed by atoms with Crippen LogP contribution in [-0.2, 0) is 4.79 Å². The fraction of sp³-hybridized carbons (Fsp3) is 0.278. The van der Waals surface area contributed by atoms with E-state index in [0.29, 0.717) is 30.0 Å². The number of nitrogens with one attached hydrogen (secondary N) is 1. The van der Waals surface area contributed by atoms with E-state index in [9.17, 15) is 9.59 Å². The molecule has 2 aromatic rings. The molecule has 0 bridgehead atoms. The van der Waals surface area contributed by atoms with Crippen LogP contribution in [0.2, 0.25) is 0 Å². The van der Waals surface area contributed by atoms with Gasteiger partial charge in [-0.3, -0.25) is 9.59 Å². The summed E-state index contributed by atoms with van der Waals surface area (Å²) in [5.74, 6) is 0.455. The average molecular weight is 323 g/mol. The molecule has 122 valence electrons. The molecule has 3 heterocycles. The third kappa shape index (κ3) is 2.31. The number of ether oxygens (including phenoxy) is 1. The van der Waals surface area contributed by atoms with E-state index < -0.39 is 0 Å². The number of benzene rings is 1. The zero-order valence-electron chi connectivity index (χ0n) is 13.3. The number of rotatable bonds is 2. The highest BCUT2D eigenvalue weighted by atomic mass is 16.5. The van der Waals surface area contributed by atoms with E-state index in [4.69, 9.17) is 4.74 Å². The van der Waals surface area contributed by atoms with E-state index in [-0.39, 0.29) is 17.9 Å². The quantitative estimate of drug-likeness (QED) is 0.920. The molecule has 2 amide bonds. The van der Waals surface area contributed by atoms with Crippen LogP contribution in [0.15, 0.2) is 36.4 Å². The van der Waals surface area contributed by atoms with Crippen molar-refractivity contribution in [1.29, 1.82) is 0 Å². The van der Waals surface area contributed by atoms with E-state index in [1.807, 2.05) is 30.3 Å². The van der Waals surface area contributed by atoms with Crippen molar-refractivity contribution in [3.8, 4) is 17.0 Å². The minimum Gasteiger partial charge on any atom is -0.497 e. The molecular formula is C18H17N3O3. The lowest BCUT2D eigenvalue weighted by atomic mass is 10.1. The molecule has 0 unspecified atom stereocenters. The van der Waals surface area contributed by atoms with Gasteiger partial charge in [0.2, 0.25) is 5.91 Å². The third-order valence-electron chi connectivity index (χ3n) is 4.56. The van der Waals surface area contributed by atoms with Gasteiger partial charge in [-0.15, -0.1) is 0 Å². The normalized spacial score (nSPS) is 19.4. The Morgan fingerprint density at radius 1 is 1.17 bits per heavy atom. The Morgan fingerprint density at radius 3 is 2.71 bits per heavy atom. The lowest BCUT2D eigenvalue weighted by Gasteiger charge is -2.19. The molecule has 0 radical (unpaired) electrons. The van der Waals surface area contributed by atoms with Crippen LogP contribution in [-0.4, -0.2) is 41.4 Å². The summed E-state index contributed by atoms with van der Waals surface area (Å²) in [5, 5.41) is 2.84. The molecule has 0 spiro atoms. The molecule has 1 aromatic carbocycles. The van der Waals surface area contributed by atoms with Gasteiger partial charge in [0.25, 0.3) is 5.91 Å². The Hall–Kier alpha value is -2.89. The number of anilines is 1. The van der Waals surface area contributed by atoms with E-state index in [1.54, 1.807) is 18.1 Å². The van der Waals surface area contributed by atoms with Gasteiger partial charge < -0.3 is 15.0 Å². The number of carbonyl (C=O) groups excluding carboxylic acids is 2. The van der Waals surface area contributed by atoms with E-state index >= 15 is 0 Å². The molecule has 0 saturated carbocycles. The fourth-order valence-corrected chi connectivity index (χ4v) is 3.28. The third-order valence-corrected chi connectivity index (χ3v) is 4.56. The first-order valence-corrected chi connectivity index (χ1v) is 7.94. The molecule has 2 aliphatic heterocycles. The smallest absolute Gasteiger partial charge is 0.275 e. The summed E-state index contributed by atoms with van der Waals surface area (Å²) in [5.41, 5.74) is 2.37. The second-order valence-corrected chi connectivity index (χ2v) is 5.97. The van der Waals surface area contributed by atoms with Crippen molar-refractivity contribution >= 4 is 17.5 Å². The van der Waals surface area contributed by atoms with Gasteiger partial charge in [-0.05, 0) is 49.2 Å². The number of carbonyl (C=O) groups is 2. The summed E-state index contributed by atoms with van der Waals surface area (Å²) in [4.78, 5) is 31.2. The first kappa shape index (κ1) is 14.7. The summed E-state index contributed by atoms with van der Waals surface area (Å²) in [6, 6.07) is 10.7. The van der Waals surface area contributed by atoms with Crippen molar-refractivity contribution in [2.24, 2.45) is 0 Å². The number of hydrogen-bond acceptors (Lipinski definition) is 4. The zero-order chi connectivity index (χ0) is 16.7. The first-order valence-electron chi connectivity index (χ1n) is 7.94. The van der Waals surface area contributed by atoms with Gasteiger partial charge in [0.15, 0.2) is 5.69 Å². The van der Waals surface area contributed by atoms with Crippen molar-refractivity contribution in [1.82, 2.24) is 9.88 Å². The highest BCUT2D eigenvalue weighted by Gasteiger charge is 2.39. The molecule has 24 heavy (non-hydrogen) atoms. The van der Waals surface area contributed by atoms with Gasteiger partial charge >= 0.3 is 0 Å². The number of fused-ring (bicyclic) bond motifs is 2. The van der Waals surface area contributed by atoms with Gasteiger partial charge in [-0.2, -0.15) is 0 Å². The summed E-state index contributed by atoms with van der Waals surface area (Å²) in [6.45, 7) is 0.602. The van der Waals surface area contributed by atoms with Crippen LogP contribution in [0.5, 0.6) is 5.75 Å². The van der Waals surface area contributed by atoms with Crippen molar-refractivity contribution in [2.45, 2.75) is 18.9 Å². The predicted molar refractivity (Wildman–Crippen MR) is 88.9 cm³/mol. The maximum atomic E-state index is 12.8. The Morgan fingerprint density at radius 2 is 1.96 bits per heavy atom. The maximum Gasteiger partial charge on any atom is 0.275 e. The van der Waals surface area contributed by atoms with Gasteiger partial charge in [0.1, 0.15) is 11.8 Å². The van der Waals surface area contributed by atoms with Gasteiger partial charge in [-0.25, -0.2) is 4.98 Å². The monoisotopic (exact) mass is 323 g/mol. The van der Waals surface area contributed by atoms with Crippen molar-refractivity contribution in [2.75, 3.05) is 19.0 Å². The molecule has 6 nitrogen and oxygen atoms in total. The van der Waals surface area contributed by atoms with Crippen LogP contribution in [0.4, 0.5) is 5.69 Å². The highest BCUT2D eigenvalue weighted by Crippen LogP contribution is 2.30. The Balaban J connectivity index is 1.75. The number of pyridine rings is 1. The second kappa shape index (κ2) is 5.63. The van der Waals surface area contributed by atoms with E-state index in [0.717, 1.165) is 17.7 Å². The first-order chi connectivity index (χ1) is 11.7. The Kier molecular flexibility index (Phi) is 3.45. The largest absolute Gasteiger partial charge is 0.497 e. The van der Waals surface area contributed by atoms with E-state index in [1.165, 1.54) is 0 Å². The molecule has 1 saturated heterocycles. The molecular weight excluding hydrogens is 306 g/mol. The molecule has 1 fully saturated rings. The lowest BCUT2D eigenvalue weighted by molar-refractivity contribution is -0.119. The molecule has 1 N–H and O–H groups in total. The summed E-state index contributed by atoms with van der Waals surface area (Å²) in [6.07, 6.45) is 1.55. The standard InChI is InChI=1S/C18H17N3O3/c1-24-12-6-4-11(5-7-12)13-8-9-14-16(19-13)18(23)21-10-2-3-15(21)17(22)20-14/h4-9,15H,2-3,10H2,1H3,(H,20,22)/t15-/m0/s1. The predicted octanol–water partition coefficient (Wildman–Crippen LogP) is 2.31. The van der Waals surface area contributed by atoms with Crippen LogP contribution in [0, 0.1) is 0 Å². The Bertz CT molecular complexity index is 817. The topological polar surface area (TPSA) is 71.5 Å². The summed E-state index contributed by atoms with van der Waals surface area (Å²) < 4.78 is 5.16. The van der Waals surface area contributed by atoms with Crippen molar-refractivity contribution in [3.05, 3.63) is 42.1 Å². The highest BCUT2D eigenvalue weighted by molar-refractivity contribution is 6.09. The lowest BCUT2D eigenvalue weighted by Crippen LogP contribution is -2.40. The molecule has 4 rings (SSSR count). The van der Waals surface area contributed by atoms with Crippen LogP contribution in [0.3, 0.4) is 0 Å². The fourth-order valence-electron chi connectivity index (χ4n) is 3.28. The van der Waals surface area contributed by atoms with Crippen molar-refractivity contribution < 1.29 is 14.3 Å². The summed E-state index contributed by atoms with van der Waals surface area (Å²) in [7, 11) is 1.61. The van der Waals surface area contributed by atoms with Gasteiger partial charge in [0, 0.05) is 12.1 Å². The van der Waals surface area contributed by atoms with Crippen LogP contribution < -0.4 is 10.1 Å². The molecule has 1 aromatic heterocycles. The van der Waals surface area contributed by atoms with Crippen molar-refractivity contribution in [3.63, 3.8) is 0 Å². The van der Waals surface area contributed by atoms with Crippen LogP contribution in [0.1, 0.15) is 23.3 Å². The SMILES string of the molecule is COc1ccc(-c2ccc3c(n2)C(=O)N2CCC[C@H]2C(=O)N3)cc1. The van der Waals surface area contributed by atoms with Crippen LogP contribution >= 0.6 is 0 Å². The summed E-state index contributed by atoms with van der Waals surface area (Å²) >= 11 is 0. The second-order valence-electron chi connectivity index (χ2n) is 5.97. The number of aromatic nitrogens is 1. The molecule has 6 heteroatoms. The molecule has 2 aliphatic rings.